The third kappa shape index (κ3) is 3.40. The van der Waals surface area contributed by atoms with Crippen LogP contribution in [-0.2, 0) is 0 Å². The Bertz CT molecular complexity index is 730. The lowest BCUT2D eigenvalue weighted by Crippen LogP contribution is -2.04. The number of halogens is 3. The molecule has 0 aliphatic rings. The van der Waals surface area contributed by atoms with Crippen LogP contribution in [0.3, 0.4) is 0 Å². The van der Waals surface area contributed by atoms with Crippen LogP contribution in [0.5, 0.6) is 5.75 Å². The van der Waals surface area contributed by atoms with Crippen molar-refractivity contribution in [3.63, 3.8) is 0 Å². The van der Waals surface area contributed by atoms with Gasteiger partial charge in [-0.25, -0.2) is 4.39 Å². The van der Waals surface area contributed by atoms with Crippen molar-refractivity contribution in [2.45, 2.75) is 0 Å². The standard InChI is InChI=1S/C16H12Cl2FNO2/c1-22-13-8-7-11(14(17)15(13)18)16(20-21)12(19)9-10-5-3-2-4-6-10/h2-9,21H,1H3/b12-9+,20-16?. The first-order valence-electron chi connectivity index (χ1n) is 6.25. The van der Waals surface area contributed by atoms with Crippen molar-refractivity contribution in [1.29, 1.82) is 0 Å². The topological polar surface area (TPSA) is 41.8 Å². The van der Waals surface area contributed by atoms with Crippen LogP contribution in [0.4, 0.5) is 4.39 Å². The molecule has 0 saturated carbocycles. The van der Waals surface area contributed by atoms with Crippen LogP contribution in [0.2, 0.25) is 10.0 Å². The molecule has 0 aliphatic carbocycles. The number of allylic oxidation sites excluding steroid dienone is 1. The third-order valence-corrected chi connectivity index (χ3v) is 3.81. The maximum Gasteiger partial charge on any atom is 0.153 e. The zero-order chi connectivity index (χ0) is 16.1. The fourth-order valence-electron chi connectivity index (χ4n) is 1.87. The second kappa shape index (κ2) is 7.29. The molecule has 0 aromatic heterocycles. The molecule has 0 bridgehead atoms. The number of rotatable bonds is 4. The molecule has 0 amide bonds. The molecular weight excluding hydrogens is 328 g/mol. The lowest BCUT2D eigenvalue weighted by Gasteiger charge is -2.10. The van der Waals surface area contributed by atoms with Gasteiger partial charge in [-0.05, 0) is 23.8 Å². The summed E-state index contributed by atoms with van der Waals surface area (Å²) < 4.78 is 19.4. The van der Waals surface area contributed by atoms with Crippen molar-refractivity contribution in [3.05, 3.63) is 69.5 Å². The van der Waals surface area contributed by atoms with E-state index in [1.54, 1.807) is 24.3 Å². The van der Waals surface area contributed by atoms with Gasteiger partial charge in [0, 0.05) is 5.56 Å². The summed E-state index contributed by atoms with van der Waals surface area (Å²) in [6.07, 6.45) is 1.24. The smallest absolute Gasteiger partial charge is 0.153 e. The number of hydrogen-bond acceptors (Lipinski definition) is 3. The Balaban J connectivity index is 2.46. The Morgan fingerprint density at radius 3 is 2.41 bits per heavy atom. The second-order valence-electron chi connectivity index (χ2n) is 4.29. The normalized spacial score (nSPS) is 12.4. The maximum atomic E-state index is 14.4. The molecule has 0 fully saturated rings. The van der Waals surface area contributed by atoms with Gasteiger partial charge in [0.2, 0.25) is 0 Å². The average molecular weight is 340 g/mol. The van der Waals surface area contributed by atoms with Gasteiger partial charge in [0.25, 0.3) is 0 Å². The molecule has 0 unspecified atom stereocenters. The molecule has 1 N–H and O–H groups in total. The van der Waals surface area contributed by atoms with E-state index in [4.69, 9.17) is 33.1 Å². The number of oxime groups is 1. The molecule has 2 aromatic carbocycles. The van der Waals surface area contributed by atoms with Crippen LogP contribution in [-0.4, -0.2) is 18.0 Å². The molecular formula is C16H12Cl2FNO2. The summed E-state index contributed by atoms with van der Waals surface area (Å²) in [4.78, 5) is 0. The lowest BCUT2D eigenvalue weighted by atomic mass is 10.1. The summed E-state index contributed by atoms with van der Waals surface area (Å²) in [7, 11) is 1.44. The van der Waals surface area contributed by atoms with Crippen LogP contribution in [0.1, 0.15) is 11.1 Å². The van der Waals surface area contributed by atoms with Gasteiger partial charge in [-0.3, -0.25) is 0 Å². The molecule has 0 radical (unpaired) electrons. The van der Waals surface area contributed by atoms with Crippen molar-refractivity contribution in [1.82, 2.24) is 0 Å². The Morgan fingerprint density at radius 2 is 1.82 bits per heavy atom. The first-order valence-corrected chi connectivity index (χ1v) is 7.01. The monoisotopic (exact) mass is 339 g/mol. The van der Waals surface area contributed by atoms with Gasteiger partial charge >= 0.3 is 0 Å². The van der Waals surface area contributed by atoms with Crippen LogP contribution in [0, 0.1) is 0 Å². The van der Waals surface area contributed by atoms with Crippen LogP contribution >= 0.6 is 23.2 Å². The maximum absolute atomic E-state index is 14.4. The first kappa shape index (κ1) is 16.3. The summed E-state index contributed by atoms with van der Waals surface area (Å²) in [5.41, 5.74) is 0.481. The van der Waals surface area contributed by atoms with E-state index in [0.717, 1.165) is 0 Å². The minimum absolute atomic E-state index is 0.0467. The fourth-order valence-corrected chi connectivity index (χ4v) is 2.35. The third-order valence-electron chi connectivity index (χ3n) is 2.94. The zero-order valence-electron chi connectivity index (χ0n) is 11.6. The molecule has 114 valence electrons. The number of methoxy groups -OCH3 is 1. The van der Waals surface area contributed by atoms with Gasteiger partial charge in [-0.1, -0.05) is 58.7 Å². The fraction of sp³-hybridized carbons (Fsp3) is 0.0625. The lowest BCUT2D eigenvalue weighted by molar-refractivity contribution is 0.318. The quantitative estimate of drug-likeness (QED) is 0.473. The summed E-state index contributed by atoms with van der Waals surface area (Å²) in [6.45, 7) is 0. The summed E-state index contributed by atoms with van der Waals surface area (Å²) in [5.74, 6) is -0.392. The van der Waals surface area contributed by atoms with E-state index in [9.17, 15) is 4.39 Å². The molecule has 0 saturated heterocycles. The van der Waals surface area contributed by atoms with E-state index < -0.39 is 5.83 Å². The molecule has 2 rings (SSSR count). The Kier molecular flexibility index (Phi) is 5.41. The predicted molar refractivity (Wildman–Crippen MR) is 86.9 cm³/mol. The SMILES string of the molecule is COc1ccc(C(=NO)/C(F)=C\c2ccccc2)c(Cl)c1Cl. The van der Waals surface area contributed by atoms with Crippen molar-refractivity contribution < 1.29 is 14.3 Å². The van der Waals surface area contributed by atoms with Crippen LogP contribution < -0.4 is 4.74 Å². The van der Waals surface area contributed by atoms with Gasteiger partial charge in [-0.15, -0.1) is 0 Å². The zero-order valence-corrected chi connectivity index (χ0v) is 13.1. The van der Waals surface area contributed by atoms with Crippen molar-refractivity contribution in [2.24, 2.45) is 5.16 Å². The molecule has 0 spiro atoms. The van der Waals surface area contributed by atoms with Gasteiger partial charge in [0.1, 0.15) is 16.5 Å². The van der Waals surface area contributed by atoms with Gasteiger partial charge in [0.15, 0.2) is 5.83 Å². The highest BCUT2D eigenvalue weighted by Crippen LogP contribution is 2.35. The molecule has 0 atom stereocenters. The van der Waals surface area contributed by atoms with E-state index >= 15 is 0 Å². The highest BCUT2D eigenvalue weighted by Gasteiger charge is 2.18. The van der Waals surface area contributed by atoms with Gasteiger partial charge in [-0.2, -0.15) is 0 Å². The largest absolute Gasteiger partial charge is 0.495 e. The van der Waals surface area contributed by atoms with E-state index in [-0.39, 0.29) is 21.3 Å². The van der Waals surface area contributed by atoms with Gasteiger partial charge in [0.05, 0.1) is 12.1 Å². The summed E-state index contributed by atoms with van der Waals surface area (Å²) >= 11 is 12.1. The van der Waals surface area contributed by atoms with Gasteiger partial charge < -0.3 is 9.94 Å². The van der Waals surface area contributed by atoms with Crippen LogP contribution in [0.25, 0.3) is 6.08 Å². The second-order valence-corrected chi connectivity index (χ2v) is 5.05. The first-order chi connectivity index (χ1) is 10.6. The molecule has 0 heterocycles. The minimum atomic E-state index is -0.739. The van der Waals surface area contributed by atoms with E-state index in [1.165, 1.54) is 25.3 Å². The number of ether oxygens (including phenoxy) is 1. The molecule has 3 nitrogen and oxygen atoms in total. The van der Waals surface area contributed by atoms with E-state index in [1.807, 2.05) is 6.07 Å². The Labute approximate surface area is 137 Å². The van der Waals surface area contributed by atoms with E-state index in [0.29, 0.717) is 11.3 Å². The summed E-state index contributed by atoms with van der Waals surface area (Å²) in [5, 5.41) is 12.3. The molecule has 0 aliphatic heterocycles. The van der Waals surface area contributed by atoms with Crippen molar-refractivity contribution in [3.8, 4) is 5.75 Å². The Hall–Kier alpha value is -2.04. The van der Waals surface area contributed by atoms with Crippen LogP contribution in [0.15, 0.2) is 53.4 Å². The van der Waals surface area contributed by atoms with Crippen molar-refractivity contribution >= 4 is 35.0 Å². The highest BCUT2D eigenvalue weighted by atomic mass is 35.5. The highest BCUT2D eigenvalue weighted by molar-refractivity contribution is 6.45. The number of benzene rings is 2. The predicted octanol–water partition coefficient (Wildman–Crippen LogP) is 5.19. The Morgan fingerprint density at radius 1 is 1.14 bits per heavy atom. The van der Waals surface area contributed by atoms with E-state index in [2.05, 4.69) is 5.16 Å². The molecule has 22 heavy (non-hydrogen) atoms. The molecule has 6 heteroatoms. The minimum Gasteiger partial charge on any atom is -0.495 e. The summed E-state index contributed by atoms with van der Waals surface area (Å²) in [6, 6.07) is 11.8. The van der Waals surface area contributed by atoms with Crippen molar-refractivity contribution in [2.75, 3.05) is 7.11 Å². The number of nitrogens with zero attached hydrogens (tertiary/aromatic N) is 1. The number of hydrogen-bond donors (Lipinski definition) is 1. The average Bonchev–Trinajstić information content (AvgIpc) is 2.53. The molecule has 2 aromatic rings.